The first-order chi connectivity index (χ1) is 10.3. The molecule has 5 heteroatoms. The van der Waals surface area contributed by atoms with Crippen molar-refractivity contribution in [3.8, 4) is 0 Å². The zero-order valence-corrected chi connectivity index (χ0v) is 11.3. The van der Waals surface area contributed by atoms with Crippen molar-refractivity contribution in [3.05, 3.63) is 84.0 Å². The molecule has 0 saturated heterocycles. The zero-order chi connectivity index (χ0) is 14.5. The molecule has 1 atom stereocenters. The van der Waals surface area contributed by atoms with E-state index in [0.29, 0.717) is 6.54 Å². The van der Waals surface area contributed by atoms with Crippen molar-refractivity contribution in [2.75, 3.05) is 0 Å². The van der Waals surface area contributed by atoms with Gasteiger partial charge in [0.1, 0.15) is 11.6 Å². The highest BCUT2D eigenvalue weighted by Crippen LogP contribution is 2.21. The number of aromatic nitrogens is 3. The number of hydrogen-bond acceptors (Lipinski definition) is 3. The molecule has 106 valence electrons. The minimum atomic E-state index is -0.256. The van der Waals surface area contributed by atoms with Crippen molar-refractivity contribution in [1.29, 1.82) is 0 Å². The second kappa shape index (κ2) is 6.28. The molecule has 0 aliphatic heterocycles. The molecule has 4 nitrogen and oxygen atoms in total. The summed E-state index contributed by atoms with van der Waals surface area (Å²) < 4.78 is 13.5. The second-order valence-corrected chi connectivity index (χ2v) is 4.66. The lowest BCUT2D eigenvalue weighted by molar-refractivity contribution is 0.569. The van der Waals surface area contributed by atoms with E-state index in [1.807, 2.05) is 24.3 Å². The standard InChI is InChI=1S/C16H15FN4/c17-13-5-3-4-12(10-13)16(14-6-1-2-7-18-14)21-11-15-19-8-9-20-15/h1-10,16,21H,11H2,(H,19,20). The maximum absolute atomic E-state index is 13.5. The maximum Gasteiger partial charge on any atom is 0.123 e. The highest BCUT2D eigenvalue weighted by molar-refractivity contribution is 5.28. The summed E-state index contributed by atoms with van der Waals surface area (Å²) in [6.45, 7) is 0.546. The fourth-order valence-electron chi connectivity index (χ4n) is 2.22. The smallest absolute Gasteiger partial charge is 0.123 e. The van der Waals surface area contributed by atoms with E-state index in [4.69, 9.17) is 0 Å². The predicted octanol–water partition coefficient (Wildman–Crippen LogP) is 2.82. The number of rotatable bonds is 5. The van der Waals surface area contributed by atoms with Crippen LogP contribution in [0.25, 0.3) is 0 Å². The van der Waals surface area contributed by atoms with E-state index in [1.54, 1.807) is 24.7 Å². The average molecular weight is 282 g/mol. The van der Waals surface area contributed by atoms with Gasteiger partial charge in [0, 0.05) is 18.6 Å². The normalized spacial score (nSPS) is 12.2. The Morgan fingerprint density at radius 1 is 1.10 bits per heavy atom. The summed E-state index contributed by atoms with van der Waals surface area (Å²) in [6, 6.07) is 12.1. The van der Waals surface area contributed by atoms with Crippen LogP contribution < -0.4 is 5.32 Å². The lowest BCUT2D eigenvalue weighted by Gasteiger charge is -2.18. The molecule has 0 fully saturated rings. The van der Waals surface area contributed by atoms with Crippen LogP contribution in [-0.4, -0.2) is 15.0 Å². The van der Waals surface area contributed by atoms with Crippen LogP contribution in [0.15, 0.2) is 61.1 Å². The molecule has 2 aromatic heterocycles. The summed E-state index contributed by atoms with van der Waals surface area (Å²) in [4.78, 5) is 11.6. The molecule has 0 radical (unpaired) electrons. The molecule has 1 aromatic carbocycles. The molecule has 0 bridgehead atoms. The fraction of sp³-hybridized carbons (Fsp3) is 0.125. The zero-order valence-electron chi connectivity index (χ0n) is 11.3. The van der Waals surface area contributed by atoms with E-state index in [0.717, 1.165) is 17.1 Å². The van der Waals surface area contributed by atoms with E-state index in [9.17, 15) is 4.39 Å². The number of nitrogens with one attached hydrogen (secondary N) is 2. The summed E-state index contributed by atoms with van der Waals surface area (Å²) in [5.74, 6) is 0.570. The van der Waals surface area contributed by atoms with Crippen molar-refractivity contribution < 1.29 is 4.39 Å². The monoisotopic (exact) mass is 282 g/mol. The molecule has 0 amide bonds. The Kier molecular flexibility index (Phi) is 4.02. The third kappa shape index (κ3) is 3.32. The van der Waals surface area contributed by atoms with Gasteiger partial charge in [-0.05, 0) is 29.8 Å². The Bertz CT molecular complexity index is 683. The summed E-state index contributed by atoms with van der Waals surface area (Å²) in [6.07, 6.45) is 5.21. The maximum atomic E-state index is 13.5. The average Bonchev–Trinajstić information content (AvgIpc) is 3.02. The second-order valence-electron chi connectivity index (χ2n) is 4.66. The van der Waals surface area contributed by atoms with Crippen molar-refractivity contribution in [1.82, 2.24) is 20.3 Å². The minimum absolute atomic E-state index is 0.188. The predicted molar refractivity (Wildman–Crippen MR) is 77.9 cm³/mol. The number of halogens is 1. The number of imidazole rings is 1. The van der Waals surface area contributed by atoms with E-state index in [1.165, 1.54) is 12.1 Å². The van der Waals surface area contributed by atoms with Crippen LogP contribution in [0.5, 0.6) is 0 Å². The van der Waals surface area contributed by atoms with Crippen molar-refractivity contribution in [2.45, 2.75) is 12.6 Å². The van der Waals surface area contributed by atoms with Crippen LogP contribution in [0, 0.1) is 5.82 Å². The first kappa shape index (κ1) is 13.5. The van der Waals surface area contributed by atoms with Gasteiger partial charge in [-0.25, -0.2) is 9.37 Å². The summed E-state index contributed by atoms with van der Waals surface area (Å²) >= 11 is 0. The van der Waals surface area contributed by atoms with Crippen molar-refractivity contribution in [2.24, 2.45) is 0 Å². The number of pyridine rings is 1. The SMILES string of the molecule is Fc1cccc(C(NCc2ncc[nH]2)c2ccccn2)c1. The van der Waals surface area contributed by atoms with Gasteiger partial charge in [-0.15, -0.1) is 0 Å². The minimum Gasteiger partial charge on any atom is -0.348 e. The number of hydrogen-bond donors (Lipinski definition) is 2. The highest BCUT2D eigenvalue weighted by atomic mass is 19.1. The van der Waals surface area contributed by atoms with Crippen LogP contribution >= 0.6 is 0 Å². The van der Waals surface area contributed by atoms with Gasteiger partial charge in [0.05, 0.1) is 18.3 Å². The lowest BCUT2D eigenvalue weighted by atomic mass is 10.0. The van der Waals surface area contributed by atoms with Crippen LogP contribution in [0.4, 0.5) is 4.39 Å². The first-order valence-electron chi connectivity index (χ1n) is 6.71. The molecule has 0 aliphatic rings. The van der Waals surface area contributed by atoms with Gasteiger partial charge in [-0.1, -0.05) is 18.2 Å². The van der Waals surface area contributed by atoms with Gasteiger partial charge >= 0.3 is 0 Å². The first-order valence-corrected chi connectivity index (χ1v) is 6.71. The number of benzene rings is 1. The molecule has 2 heterocycles. The largest absolute Gasteiger partial charge is 0.348 e. The van der Waals surface area contributed by atoms with Gasteiger partial charge < -0.3 is 4.98 Å². The molecule has 0 aliphatic carbocycles. The Morgan fingerprint density at radius 2 is 2.05 bits per heavy atom. The molecular weight excluding hydrogens is 267 g/mol. The Morgan fingerprint density at radius 3 is 2.76 bits per heavy atom. The molecule has 21 heavy (non-hydrogen) atoms. The Balaban J connectivity index is 1.87. The molecular formula is C16H15FN4. The lowest BCUT2D eigenvalue weighted by Crippen LogP contribution is -2.23. The molecule has 1 unspecified atom stereocenters. The topological polar surface area (TPSA) is 53.6 Å². The number of aromatic amines is 1. The Labute approximate surface area is 122 Å². The van der Waals surface area contributed by atoms with Crippen LogP contribution in [0.2, 0.25) is 0 Å². The van der Waals surface area contributed by atoms with Crippen LogP contribution in [0.3, 0.4) is 0 Å². The third-order valence-electron chi connectivity index (χ3n) is 3.19. The van der Waals surface area contributed by atoms with Crippen molar-refractivity contribution >= 4 is 0 Å². The summed E-state index contributed by atoms with van der Waals surface area (Å²) in [5.41, 5.74) is 1.68. The van der Waals surface area contributed by atoms with E-state index in [2.05, 4.69) is 20.3 Å². The van der Waals surface area contributed by atoms with Crippen LogP contribution in [0.1, 0.15) is 23.1 Å². The molecule has 2 N–H and O–H groups in total. The number of nitrogens with zero attached hydrogens (tertiary/aromatic N) is 2. The van der Waals surface area contributed by atoms with Gasteiger partial charge in [0.25, 0.3) is 0 Å². The van der Waals surface area contributed by atoms with Gasteiger partial charge in [0.15, 0.2) is 0 Å². The van der Waals surface area contributed by atoms with Gasteiger partial charge in [0.2, 0.25) is 0 Å². The van der Waals surface area contributed by atoms with Gasteiger partial charge in [-0.2, -0.15) is 0 Å². The summed E-state index contributed by atoms with van der Waals surface area (Å²) in [5, 5.41) is 3.36. The van der Waals surface area contributed by atoms with Crippen molar-refractivity contribution in [3.63, 3.8) is 0 Å². The molecule has 0 saturated carbocycles. The van der Waals surface area contributed by atoms with E-state index >= 15 is 0 Å². The van der Waals surface area contributed by atoms with Crippen LogP contribution in [-0.2, 0) is 6.54 Å². The summed E-state index contributed by atoms with van der Waals surface area (Å²) in [7, 11) is 0. The van der Waals surface area contributed by atoms with Gasteiger partial charge in [-0.3, -0.25) is 10.3 Å². The Hall–Kier alpha value is -2.53. The molecule has 3 aromatic rings. The van der Waals surface area contributed by atoms with E-state index < -0.39 is 0 Å². The molecule has 0 spiro atoms. The third-order valence-corrected chi connectivity index (χ3v) is 3.19. The van der Waals surface area contributed by atoms with E-state index in [-0.39, 0.29) is 11.9 Å². The number of H-pyrrole nitrogens is 1. The quantitative estimate of drug-likeness (QED) is 0.756. The highest BCUT2D eigenvalue weighted by Gasteiger charge is 2.15. The molecule has 3 rings (SSSR count). The fourth-order valence-corrected chi connectivity index (χ4v) is 2.22.